The van der Waals surface area contributed by atoms with Crippen LogP contribution in [0.1, 0.15) is 78.1 Å². The molecule has 1 amide bonds. The van der Waals surface area contributed by atoms with E-state index in [0.29, 0.717) is 6.42 Å². The molecule has 0 aromatic rings. The van der Waals surface area contributed by atoms with Gasteiger partial charge in [0.05, 0.1) is 6.61 Å². The summed E-state index contributed by atoms with van der Waals surface area (Å²) in [5.41, 5.74) is -1.07. The predicted octanol–water partition coefficient (Wildman–Crippen LogP) is 4.15. The molecule has 124 valence electrons. The minimum atomic E-state index is -1.07. The minimum absolute atomic E-state index is 0.189. The maximum Gasteiger partial charge on any atom is 0.344 e. The van der Waals surface area contributed by atoms with E-state index in [4.69, 9.17) is 16.3 Å². The second-order valence-corrected chi connectivity index (χ2v) is 5.70. The van der Waals surface area contributed by atoms with Gasteiger partial charge in [-0.3, -0.25) is 4.79 Å². The van der Waals surface area contributed by atoms with E-state index in [9.17, 15) is 9.59 Å². The molecule has 0 rings (SSSR count). The average Bonchev–Trinajstić information content (AvgIpc) is 2.45. The maximum absolute atomic E-state index is 11.6. The first-order valence-electron chi connectivity index (χ1n) is 8.21. The summed E-state index contributed by atoms with van der Waals surface area (Å²) in [6.07, 6.45) is 11.3. The van der Waals surface area contributed by atoms with E-state index in [1.54, 1.807) is 6.92 Å². The van der Waals surface area contributed by atoms with E-state index in [1.165, 1.54) is 44.9 Å². The molecule has 4 nitrogen and oxygen atoms in total. The number of carbonyl (C=O) groups is 2. The molecule has 0 aromatic heterocycles. The fourth-order valence-electron chi connectivity index (χ4n) is 2.08. The van der Waals surface area contributed by atoms with Gasteiger partial charge < -0.3 is 10.1 Å². The third kappa shape index (κ3) is 12.7. The molecule has 0 heterocycles. The van der Waals surface area contributed by atoms with E-state index >= 15 is 0 Å². The van der Waals surface area contributed by atoms with Gasteiger partial charge in [-0.15, -0.1) is 0 Å². The molecule has 0 saturated carbocycles. The lowest BCUT2D eigenvalue weighted by molar-refractivity contribution is -0.144. The van der Waals surface area contributed by atoms with Crippen LogP contribution in [0.15, 0.2) is 0 Å². The normalized spacial score (nSPS) is 12.0. The van der Waals surface area contributed by atoms with Crippen molar-refractivity contribution < 1.29 is 14.3 Å². The summed E-state index contributed by atoms with van der Waals surface area (Å²) in [6.45, 7) is 4.18. The van der Waals surface area contributed by atoms with Crippen LogP contribution >= 0.6 is 11.6 Å². The standard InChI is InChI=1S/C16H30ClNO3/c1-3-5-6-7-8-9-10-11-12-13-14(19)18-15(17)16(20)21-4-2/h15H,3-13H2,1-2H3,(H,18,19). The number of amides is 1. The summed E-state index contributed by atoms with van der Waals surface area (Å²) in [6, 6.07) is 0. The van der Waals surface area contributed by atoms with Crippen molar-refractivity contribution in [1.29, 1.82) is 0 Å². The van der Waals surface area contributed by atoms with Gasteiger partial charge in [-0.2, -0.15) is 0 Å². The van der Waals surface area contributed by atoms with E-state index < -0.39 is 11.5 Å². The Bertz CT molecular complexity index is 285. The van der Waals surface area contributed by atoms with Crippen molar-refractivity contribution in [3.63, 3.8) is 0 Å². The van der Waals surface area contributed by atoms with Gasteiger partial charge in [-0.05, 0) is 13.3 Å². The molecule has 1 unspecified atom stereocenters. The van der Waals surface area contributed by atoms with Crippen molar-refractivity contribution in [1.82, 2.24) is 5.32 Å². The molecule has 0 fully saturated rings. The summed E-state index contributed by atoms with van der Waals surface area (Å²) in [4.78, 5) is 22.8. The molecule has 0 radical (unpaired) electrons. The first-order chi connectivity index (χ1) is 10.1. The largest absolute Gasteiger partial charge is 0.464 e. The number of rotatable bonds is 13. The molecule has 0 aliphatic carbocycles. The number of halogens is 1. The van der Waals surface area contributed by atoms with Crippen LogP contribution in [-0.2, 0) is 14.3 Å². The average molecular weight is 320 g/mol. The summed E-state index contributed by atoms with van der Waals surface area (Å²) in [5.74, 6) is -0.786. The number of esters is 1. The topological polar surface area (TPSA) is 55.4 Å². The van der Waals surface area contributed by atoms with E-state index in [2.05, 4.69) is 12.2 Å². The molecular formula is C16H30ClNO3. The van der Waals surface area contributed by atoms with Crippen LogP contribution in [0.4, 0.5) is 0 Å². The van der Waals surface area contributed by atoms with Gasteiger partial charge >= 0.3 is 5.97 Å². The monoisotopic (exact) mass is 319 g/mol. The van der Waals surface area contributed by atoms with Crippen LogP contribution in [0.2, 0.25) is 0 Å². The predicted molar refractivity (Wildman–Crippen MR) is 86.3 cm³/mol. The van der Waals surface area contributed by atoms with Gasteiger partial charge in [0.2, 0.25) is 11.4 Å². The van der Waals surface area contributed by atoms with Gasteiger partial charge in [-0.1, -0.05) is 69.9 Å². The second kappa shape index (κ2) is 14.2. The molecule has 0 aromatic carbocycles. The van der Waals surface area contributed by atoms with Crippen molar-refractivity contribution >= 4 is 23.5 Å². The first-order valence-corrected chi connectivity index (χ1v) is 8.65. The third-order valence-electron chi connectivity index (χ3n) is 3.29. The van der Waals surface area contributed by atoms with E-state index in [0.717, 1.165) is 12.8 Å². The Morgan fingerprint density at radius 2 is 1.48 bits per heavy atom. The molecule has 0 aliphatic heterocycles. The molecule has 0 bridgehead atoms. The summed E-state index contributed by atoms with van der Waals surface area (Å²) >= 11 is 5.72. The SMILES string of the molecule is CCCCCCCCCCCC(=O)NC(Cl)C(=O)OCC. The van der Waals surface area contributed by atoms with Crippen molar-refractivity contribution in [2.75, 3.05) is 6.61 Å². The zero-order chi connectivity index (χ0) is 15.9. The van der Waals surface area contributed by atoms with Gasteiger partial charge in [0.25, 0.3) is 0 Å². The highest BCUT2D eigenvalue weighted by atomic mass is 35.5. The summed E-state index contributed by atoms with van der Waals surface area (Å²) < 4.78 is 4.72. The zero-order valence-electron chi connectivity index (χ0n) is 13.5. The van der Waals surface area contributed by atoms with Gasteiger partial charge in [0.1, 0.15) is 0 Å². The Kier molecular flexibility index (Phi) is 13.7. The third-order valence-corrected chi connectivity index (χ3v) is 3.58. The van der Waals surface area contributed by atoms with Crippen molar-refractivity contribution in [2.24, 2.45) is 0 Å². The number of hydrogen-bond donors (Lipinski definition) is 1. The first kappa shape index (κ1) is 20.2. The number of ether oxygens (including phenoxy) is 1. The van der Waals surface area contributed by atoms with Crippen LogP contribution in [0.5, 0.6) is 0 Å². The van der Waals surface area contributed by atoms with Crippen LogP contribution in [0.25, 0.3) is 0 Å². The fraction of sp³-hybridized carbons (Fsp3) is 0.875. The Hall–Kier alpha value is -0.770. The highest BCUT2D eigenvalue weighted by molar-refractivity contribution is 6.30. The zero-order valence-corrected chi connectivity index (χ0v) is 14.2. The van der Waals surface area contributed by atoms with Gasteiger partial charge in [0, 0.05) is 6.42 Å². The number of hydrogen-bond acceptors (Lipinski definition) is 3. The molecular weight excluding hydrogens is 290 g/mol. The maximum atomic E-state index is 11.6. The highest BCUT2D eigenvalue weighted by Gasteiger charge is 2.18. The number of unbranched alkanes of at least 4 members (excludes halogenated alkanes) is 8. The number of carbonyl (C=O) groups excluding carboxylic acids is 2. The Morgan fingerprint density at radius 1 is 0.952 bits per heavy atom. The lowest BCUT2D eigenvalue weighted by Gasteiger charge is -2.10. The number of nitrogens with one attached hydrogen (secondary N) is 1. The molecule has 21 heavy (non-hydrogen) atoms. The molecule has 0 aliphatic rings. The van der Waals surface area contributed by atoms with Crippen molar-refractivity contribution in [3.8, 4) is 0 Å². The van der Waals surface area contributed by atoms with E-state index in [-0.39, 0.29) is 12.5 Å². The summed E-state index contributed by atoms with van der Waals surface area (Å²) in [7, 11) is 0. The smallest absolute Gasteiger partial charge is 0.344 e. The van der Waals surface area contributed by atoms with Gasteiger partial charge in [-0.25, -0.2) is 4.79 Å². The van der Waals surface area contributed by atoms with Crippen LogP contribution in [-0.4, -0.2) is 24.0 Å². The minimum Gasteiger partial charge on any atom is -0.464 e. The Morgan fingerprint density at radius 3 is 2.00 bits per heavy atom. The molecule has 0 saturated heterocycles. The van der Waals surface area contributed by atoms with Crippen LogP contribution in [0, 0.1) is 0 Å². The number of alkyl halides is 1. The Balaban J connectivity index is 3.43. The Labute approximate surface area is 134 Å². The lowest BCUT2D eigenvalue weighted by atomic mass is 10.1. The molecule has 5 heteroatoms. The quantitative estimate of drug-likeness (QED) is 0.240. The van der Waals surface area contributed by atoms with Crippen molar-refractivity contribution in [2.45, 2.75) is 83.6 Å². The van der Waals surface area contributed by atoms with Crippen molar-refractivity contribution in [3.05, 3.63) is 0 Å². The molecule has 1 atom stereocenters. The molecule has 0 spiro atoms. The summed E-state index contributed by atoms with van der Waals surface area (Å²) in [5, 5.41) is 2.44. The van der Waals surface area contributed by atoms with Crippen LogP contribution in [0.3, 0.4) is 0 Å². The molecule has 1 N–H and O–H groups in total. The van der Waals surface area contributed by atoms with Crippen LogP contribution < -0.4 is 5.32 Å². The second-order valence-electron chi connectivity index (χ2n) is 5.26. The van der Waals surface area contributed by atoms with Gasteiger partial charge in [0.15, 0.2) is 0 Å². The highest BCUT2D eigenvalue weighted by Crippen LogP contribution is 2.10. The lowest BCUT2D eigenvalue weighted by Crippen LogP contribution is -2.37. The van der Waals surface area contributed by atoms with E-state index in [1.807, 2.05) is 0 Å². The fourth-order valence-corrected chi connectivity index (χ4v) is 2.27.